The van der Waals surface area contributed by atoms with Crippen molar-refractivity contribution in [2.75, 3.05) is 50.4 Å². The van der Waals surface area contributed by atoms with Crippen molar-refractivity contribution in [3.63, 3.8) is 0 Å². The van der Waals surface area contributed by atoms with Crippen LogP contribution in [-0.2, 0) is 22.4 Å². The van der Waals surface area contributed by atoms with Crippen LogP contribution in [0.25, 0.3) is 0 Å². The fourth-order valence-corrected chi connectivity index (χ4v) is 4.54. The van der Waals surface area contributed by atoms with Crippen LogP contribution in [0.15, 0.2) is 30.3 Å². The Bertz CT molecular complexity index is 1000. The maximum atomic E-state index is 12.9. The number of anilines is 2. The average molecular weight is 473 g/mol. The molecule has 2 aromatic rings. The Kier molecular flexibility index (Phi) is 8.57. The average Bonchev–Trinajstić information content (AvgIpc) is 2.87. The van der Waals surface area contributed by atoms with E-state index in [1.165, 1.54) is 31.5 Å². The van der Waals surface area contributed by atoms with E-state index in [0.29, 0.717) is 42.3 Å². The molecule has 1 aliphatic heterocycles. The fourth-order valence-electron chi connectivity index (χ4n) is 4.07. The summed E-state index contributed by atoms with van der Waals surface area (Å²) in [5.74, 6) is -0.0867. The molecule has 33 heavy (non-hydrogen) atoms. The van der Waals surface area contributed by atoms with E-state index in [4.69, 9.17) is 9.47 Å². The number of thioether (sulfide) groups is 1. The smallest absolute Gasteiger partial charge is 0.339 e. The lowest BCUT2D eigenvalue weighted by atomic mass is 10.1. The highest BCUT2D eigenvalue weighted by Gasteiger charge is 2.34. The molecule has 0 saturated carbocycles. The number of benzene rings is 1. The fraction of sp³-hybridized carbons (Fsp3) is 0.458. The van der Waals surface area contributed by atoms with Crippen LogP contribution in [0.4, 0.5) is 11.4 Å². The van der Waals surface area contributed by atoms with Crippen molar-refractivity contribution in [3.8, 4) is 5.88 Å². The Hall–Kier alpha value is -2.78. The number of pyridine rings is 1. The number of hydrogen-bond donors (Lipinski definition) is 1. The van der Waals surface area contributed by atoms with Gasteiger partial charge in [0.2, 0.25) is 11.0 Å². The zero-order chi connectivity index (χ0) is 24.0. The first kappa shape index (κ1) is 24.9. The van der Waals surface area contributed by atoms with E-state index in [1.807, 2.05) is 24.1 Å². The topological polar surface area (TPSA) is 84.0 Å². The third-order valence-corrected chi connectivity index (χ3v) is 6.51. The van der Waals surface area contributed by atoms with Gasteiger partial charge in [-0.3, -0.25) is 4.79 Å². The second-order valence-corrected chi connectivity index (χ2v) is 8.47. The summed E-state index contributed by atoms with van der Waals surface area (Å²) in [5.41, 5.74) is 7.25. The van der Waals surface area contributed by atoms with Gasteiger partial charge < -0.3 is 19.8 Å². The van der Waals surface area contributed by atoms with Crippen molar-refractivity contribution in [1.29, 1.82) is 0 Å². The monoisotopic (exact) mass is 472 g/mol. The van der Waals surface area contributed by atoms with Crippen molar-refractivity contribution >= 4 is 34.2 Å². The number of rotatable bonds is 8. The number of esters is 1. The molecule has 8 nitrogen and oxygen atoms in total. The molecule has 0 aliphatic carbocycles. The maximum Gasteiger partial charge on any atom is 0.339 e. The molecule has 0 amide bonds. The summed E-state index contributed by atoms with van der Waals surface area (Å²) >= 11 is 1.21. The minimum atomic E-state index is -0.456. The lowest BCUT2D eigenvalue weighted by Crippen LogP contribution is -2.58. The largest absolute Gasteiger partial charge is 0.479 e. The number of ether oxygens (including phenoxy) is 2. The molecule has 0 spiro atoms. The van der Waals surface area contributed by atoms with Gasteiger partial charge in [-0.05, 0) is 36.8 Å². The number of para-hydroxylation sites is 1. The summed E-state index contributed by atoms with van der Waals surface area (Å²) in [6, 6.07) is 9.62. The first-order valence-corrected chi connectivity index (χ1v) is 12.3. The SMILES string of the molecule is CCc1ccccc1N1CCN(Nc2cc(C(=O)OC)c(CC)nc2OC)C(C(=O)SC)C1. The predicted octanol–water partition coefficient (Wildman–Crippen LogP) is 3.41. The van der Waals surface area contributed by atoms with E-state index in [0.717, 1.165) is 18.7 Å². The molecule has 0 radical (unpaired) electrons. The summed E-state index contributed by atoms with van der Waals surface area (Å²) in [6.07, 6.45) is 3.29. The molecular weight excluding hydrogens is 440 g/mol. The van der Waals surface area contributed by atoms with Crippen LogP contribution in [-0.4, -0.2) is 67.2 Å². The summed E-state index contributed by atoms with van der Waals surface area (Å²) in [6.45, 7) is 5.95. The van der Waals surface area contributed by atoms with Crippen molar-refractivity contribution in [2.24, 2.45) is 0 Å². The van der Waals surface area contributed by atoms with Gasteiger partial charge in [0.05, 0.1) is 25.5 Å². The summed E-state index contributed by atoms with van der Waals surface area (Å²) in [5, 5.41) is 1.97. The molecule has 1 saturated heterocycles. The summed E-state index contributed by atoms with van der Waals surface area (Å²) in [7, 11) is 2.88. The number of piperazine rings is 1. The van der Waals surface area contributed by atoms with Crippen LogP contribution in [0.5, 0.6) is 5.88 Å². The van der Waals surface area contributed by atoms with Crippen LogP contribution in [0.2, 0.25) is 0 Å². The molecule has 1 atom stereocenters. The lowest BCUT2D eigenvalue weighted by molar-refractivity contribution is -0.115. The molecule has 1 aliphatic rings. The van der Waals surface area contributed by atoms with Gasteiger partial charge in [-0.2, -0.15) is 0 Å². The zero-order valence-electron chi connectivity index (χ0n) is 19.9. The summed E-state index contributed by atoms with van der Waals surface area (Å²) < 4.78 is 10.4. The Labute approximate surface area is 199 Å². The normalized spacial score (nSPS) is 16.4. The van der Waals surface area contributed by atoms with E-state index in [9.17, 15) is 9.59 Å². The molecular formula is C24H32N4O4S. The molecule has 0 bridgehead atoms. The first-order chi connectivity index (χ1) is 16.0. The van der Waals surface area contributed by atoms with E-state index < -0.39 is 12.0 Å². The van der Waals surface area contributed by atoms with Gasteiger partial charge in [0.25, 0.3) is 0 Å². The van der Waals surface area contributed by atoms with Crippen LogP contribution in [0, 0.1) is 0 Å². The predicted molar refractivity (Wildman–Crippen MR) is 132 cm³/mol. The highest BCUT2D eigenvalue weighted by atomic mass is 32.2. The van der Waals surface area contributed by atoms with Crippen molar-refractivity contribution in [3.05, 3.63) is 47.2 Å². The van der Waals surface area contributed by atoms with Gasteiger partial charge in [-0.25, -0.2) is 14.8 Å². The second kappa shape index (κ2) is 11.4. The molecule has 2 heterocycles. The molecule has 178 valence electrons. The quantitative estimate of drug-likeness (QED) is 0.581. The number of aromatic nitrogens is 1. The molecule has 3 rings (SSSR count). The highest BCUT2D eigenvalue weighted by Crippen LogP contribution is 2.30. The Balaban J connectivity index is 1.91. The highest BCUT2D eigenvalue weighted by molar-refractivity contribution is 8.13. The van der Waals surface area contributed by atoms with Crippen molar-refractivity contribution < 1.29 is 19.1 Å². The van der Waals surface area contributed by atoms with Gasteiger partial charge in [-0.15, -0.1) is 0 Å². The Morgan fingerprint density at radius 2 is 1.94 bits per heavy atom. The van der Waals surface area contributed by atoms with Crippen LogP contribution < -0.4 is 15.1 Å². The van der Waals surface area contributed by atoms with Crippen LogP contribution >= 0.6 is 11.8 Å². The van der Waals surface area contributed by atoms with Crippen LogP contribution in [0.1, 0.15) is 35.5 Å². The first-order valence-electron chi connectivity index (χ1n) is 11.1. The number of nitrogens with zero attached hydrogens (tertiary/aromatic N) is 3. The third-order valence-electron chi connectivity index (χ3n) is 5.83. The second-order valence-electron chi connectivity index (χ2n) is 7.66. The molecule has 1 unspecified atom stereocenters. The number of carbonyl (C=O) groups is 2. The maximum absolute atomic E-state index is 12.9. The van der Waals surface area contributed by atoms with E-state index >= 15 is 0 Å². The van der Waals surface area contributed by atoms with Gasteiger partial charge >= 0.3 is 5.97 Å². The number of carbonyl (C=O) groups excluding carboxylic acids is 2. The Morgan fingerprint density at radius 1 is 1.18 bits per heavy atom. The number of methoxy groups -OCH3 is 2. The zero-order valence-corrected chi connectivity index (χ0v) is 20.7. The van der Waals surface area contributed by atoms with E-state index in [1.54, 1.807) is 12.3 Å². The summed E-state index contributed by atoms with van der Waals surface area (Å²) in [4.78, 5) is 32.0. The molecule has 9 heteroatoms. The number of hydrazine groups is 1. The number of hydrogen-bond acceptors (Lipinski definition) is 9. The molecule has 1 N–H and O–H groups in total. The van der Waals surface area contributed by atoms with Gasteiger partial charge in [-0.1, -0.05) is 43.8 Å². The standard InChI is InChI=1S/C24H32N4O4S/c1-6-16-10-8-9-11-20(16)27-12-13-28(21(15-27)24(30)33-5)26-19-14-17(23(29)32-4)18(7-2)25-22(19)31-3/h8-11,14,21,26H,6-7,12-13,15H2,1-5H3. The minimum Gasteiger partial charge on any atom is -0.479 e. The van der Waals surface area contributed by atoms with E-state index in [-0.39, 0.29) is 5.12 Å². The Morgan fingerprint density at radius 3 is 2.58 bits per heavy atom. The van der Waals surface area contributed by atoms with Gasteiger partial charge in [0.15, 0.2) is 0 Å². The molecule has 1 aromatic heterocycles. The van der Waals surface area contributed by atoms with Crippen molar-refractivity contribution in [2.45, 2.75) is 32.7 Å². The van der Waals surface area contributed by atoms with Crippen LogP contribution in [0.3, 0.4) is 0 Å². The number of nitrogens with one attached hydrogen (secondary N) is 1. The van der Waals surface area contributed by atoms with Crippen molar-refractivity contribution in [1.82, 2.24) is 9.99 Å². The number of aryl methyl sites for hydroxylation is 2. The molecule has 1 aromatic carbocycles. The lowest BCUT2D eigenvalue weighted by Gasteiger charge is -2.42. The third kappa shape index (κ3) is 5.42. The van der Waals surface area contributed by atoms with Gasteiger partial charge in [0, 0.05) is 25.3 Å². The minimum absolute atomic E-state index is 0.0616. The van der Waals surface area contributed by atoms with Gasteiger partial charge in [0.1, 0.15) is 11.7 Å². The van der Waals surface area contributed by atoms with E-state index in [2.05, 4.69) is 34.4 Å². The molecule has 1 fully saturated rings.